The molecule has 1 heterocycles. The molecule has 1 atom stereocenters. The van der Waals surface area contributed by atoms with Crippen LogP contribution in [0.5, 0.6) is 5.75 Å². The fourth-order valence-corrected chi connectivity index (χ4v) is 1.77. The number of H-pyrrole nitrogens is 1. The van der Waals surface area contributed by atoms with E-state index in [-0.39, 0.29) is 12.0 Å². The van der Waals surface area contributed by atoms with Crippen molar-refractivity contribution >= 4 is 17.9 Å². The van der Waals surface area contributed by atoms with Crippen LogP contribution in [0.3, 0.4) is 0 Å². The van der Waals surface area contributed by atoms with E-state index in [2.05, 4.69) is 15.0 Å². The normalized spacial score (nSPS) is 12.4. The van der Waals surface area contributed by atoms with Gasteiger partial charge in [0, 0.05) is 36.7 Å². The molecule has 0 aliphatic heterocycles. The average molecular weight is 304 g/mol. The van der Waals surface area contributed by atoms with Gasteiger partial charge in [-0.15, -0.1) is 0 Å². The highest BCUT2D eigenvalue weighted by molar-refractivity contribution is 5.87. The van der Waals surface area contributed by atoms with Crippen molar-refractivity contribution < 1.29 is 19.9 Å². The molecule has 2 rings (SSSR count). The predicted octanol–water partition coefficient (Wildman–Crippen LogP) is 1.14. The third-order valence-corrected chi connectivity index (χ3v) is 2.86. The third kappa shape index (κ3) is 3.45. The lowest BCUT2D eigenvalue weighted by Crippen LogP contribution is -2.21. The van der Waals surface area contributed by atoms with Gasteiger partial charge < -0.3 is 15.2 Å². The van der Waals surface area contributed by atoms with Crippen molar-refractivity contribution in [3.8, 4) is 5.75 Å². The Bertz CT molecular complexity index is 711. The van der Waals surface area contributed by atoms with Crippen LogP contribution in [-0.2, 0) is 11.2 Å². The summed E-state index contributed by atoms with van der Waals surface area (Å²) in [6.45, 7) is 0. The van der Waals surface area contributed by atoms with Crippen LogP contribution >= 0.6 is 0 Å². The number of benzene rings is 1. The maximum absolute atomic E-state index is 11.2. The maximum atomic E-state index is 11.2. The zero-order chi connectivity index (χ0) is 16.1. The second kappa shape index (κ2) is 6.48. The van der Waals surface area contributed by atoms with E-state index in [1.165, 1.54) is 18.3 Å². The van der Waals surface area contributed by atoms with E-state index < -0.39 is 28.4 Å². The summed E-state index contributed by atoms with van der Waals surface area (Å²) in [6.07, 6.45) is 4.19. The van der Waals surface area contributed by atoms with E-state index in [9.17, 15) is 20.0 Å². The molecule has 2 aromatic rings. The quantitative estimate of drug-likeness (QED) is 0.415. The standard InChI is InChI=1S/C13H12N4O5/c18-12-8(2-1-3-10(12)17(21)22)7-16-9(13(19)20)6-11-14-4-5-15-11/h1-5,7,9,18H,6H2,(H,14,15)(H,19,20). The minimum absolute atomic E-state index is 0.0362. The van der Waals surface area contributed by atoms with Gasteiger partial charge in [-0.25, -0.2) is 9.78 Å². The molecule has 1 aromatic carbocycles. The molecule has 114 valence electrons. The molecule has 0 saturated heterocycles. The molecule has 22 heavy (non-hydrogen) atoms. The first-order valence-corrected chi connectivity index (χ1v) is 6.19. The van der Waals surface area contributed by atoms with Crippen molar-refractivity contribution in [2.75, 3.05) is 0 Å². The first-order valence-electron chi connectivity index (χ1n) is 6.19. The highest BCUT2D eigenvalue weighted by Crippen LogP contribution is 2.28. The number of carbonyl (C=O) groups is 1. The number of nitrogens with one attached hydrogen (secondary N) is 1. The van der Waals surface area contributed by atoms with Crippen LogP contribution in [0.4, 0.5) is 5.69 Å². The minimum atomic E-state index is -1.17. The SMILES string of the molecule is O=C(O)C(Cc1ncc[nH]1)N=Cc1cccc([N+](=O)[O-])c1O. The Kier molecular flexibility index (Phi) is 4.47. The number of carboxylic acids is 1. The highest BCUT2D eigenvalue weighted by atomic mass is 16.6. The smallest absolute Gasteiger partial charge is 0.328 e. The van der Waals surface area contributed by atoms with E-state index in [4.69, 9.17) is 5.11 Å². The molecule has 0 fully saturated rings. The molecule has 0 bridgehead atoms. The van der Waals surface area contributed by atoms with Crippen LogP contribution in [0.2, 0.25) is 0 Å². The molecule has 0 spiro atoms. The number of phenolic OH excluding ortho intramolecular Hbond substituents is 1. The molecule has 0 saturated carbocycles. The molecule has 1 aromatic heterocycles. The number of hydrogen-bond donors (Lipinski definition) is 3. The lowest BCUT2D eigenvalue weighted by atomic mass is 10.1. The molecule has 9 heteroatoms. The molecule has 0 radical (unpaired) electrons. The van der Waals surface area contributed by atoms with Gasteiger partial charge in [-0.3, -0.25) is 15.1 Å². The molecular formula is C13H12N4O5. The van der Waals surface area contributed by atoms with E-state index in [0.29, 0.717) is 5.82 Å². The highest BCUT2D eigenvalue weighted by Gasteiger charge is 2.19. The fourth-order valence-electron chi connectivity index (χ4n) is 1.77. The fraction of sp³-hybridized carbons (Fsp3) is 0.154. The number of aromatic amines is 1. The van der Waals surface area contributed by atoms with Crippen LogP contribution in [0.25, 0.3) is 0 Å². The summed E-state index contributed by atoms with van der Waals surface area (Å²) in [6, 6.07) is 2.80. The Balaban J connectivity index is 2.23. The number of hydrogen-bond acceptors (Lipinski definition) is 6. The van der Waals surface area contributed by atoms with Crippen LogP contribution in [0, 0.1) is 10.1 Å². The summed E-state index contributed by atoms with van der Waals surface area (Å²) in [7, 11) is 0. The summed E-state index contributed by atoms with van der Waals surface area (Å²) in [5.74, 6) is -1.27. The van der Waals surface area contributed by atoms with Crippen LogP contribution in [0.15, 0.2) is 35.6 Å². The zero-order valence-electron chi connectivity index (χ0n) is 11.2. The number of aliphatic carboxylic acids is 1. The van der Waals surface area contributed by atoms with Gasteiger partial charge in [-0.05, 0) is 6.07 Å². The Morgan fingerprint density at radius 1 is 1.55 bits per heavy atom. The number of para-hydroxylation sites is 1. The number of nitro groups is 1. The monoisotopic (exact) mass is 304 g/mol. The number of aliphatic imine (C=N–C) groups is 1. The summed E-state index contributed by atoms with van der Waals surface area (Å²) < 4.78 is 0. The Morgan fingerprint density at radius 3 is 2.91 bits per heavy atom. The van der Waals surface area contributed by atoms with Crippen LogP contribution in [0.1, 0.15) is 11.4 Å². The number of nitro benzene ring substituents is 1. The summed E-state index contributed by atoms with van der Waals surface area (Å²) in [5, 5.41) is 29.6. The first-order chi connectivity index (χ1) is 10.5. The van der Waals surface area contributed by atoms with Crippen molar-refractivity contribution in [1.82, 2.24) is 9.97 Å². The number of aromatic hydroxyl groups is 1. The molecule has 9 nitrogen and oxygen atoms in total. The van der Waals surface area contributed by atoms with E-state index in [0.717, 1.165) is 12.3 Å². The number of nitrogens with zero attached hydrogens (tertiary/aromatic N) is 3. The van der Waals surface area contributed by atoms with Gasteiger partial charge in [-0.2, -0.15) is 0 Å². The van der Waals surface area contributed by atoms with Gasteiger partial charge in [-0.1, -0.05) is 6.07 Å². The van der Waals surface area contributed by atoms with Gasteiger partial charge >= 0.3 is 11.7 Å². The van der Waals surface area contributed by atoms with Crippen molar-refractivity contribution in [1.29, 1.82) is 0 Å². The summed E-state index contributed by atoms with van der Waals surface area (Å²) in [4.78, 5) is 31.7. The molecule has 3 N–H and O–H groups in total. The van der Waals surface area contributed by atoms with Crippen molar-refractivity contribution in [3.05, 3.63) is 52.1 Å². The first kappa shape index (κ1) is 15.2. The number of phenols is 1. The molecule has 0 aliphatic carbocycles. The topological polar surface area (TPSA) is 142 Å². The van der Waals surface area contributed by atoms with Gasteiger partial charge in [0.05, 0.1) is 4.92 Å². The number of imidazole rings is 1. The predicted molar refractivity (Wildman–Crippen MR) is 76.1 cm³/mol. The van der Waals surface area contributed by atoms with Gasteiger partial charge in [0.1, 0.15) is 5.82 Å². The number of carboxylic acid groups (broad SMARTS) is 1. The van der Waals surface area contributed by atoms with Crippen molar-refractivity contribution in [2.45, 2.75) is 12.5 Å². The van der Waals surface area contributed by atoms with E-state index in [1.807, 2.05) is 0 Å². The largest absolute Gasteiger partial charge is 0.502 e. The van der Waals surface area contributed by atoms with Crippen molar-refractivity contribution in [2.24, 2.45) is 4.99 Å². The van der Waals surface area contributed by atoms with E-state index in [1.54, 1.807) is 6.20 Å². The molecule has 0 aliphatic rings. The Hall–Kier alpha value is -3.23. The molecular weight excluding hydrogens is 292 g/mol. The average Bonchev–Trinajstić information content (AvgIpc) is 2.97. The molecule has 1 unspecified atom stereocenters. The third-order valence-electron chi connectivity index (χ3n) is 2.86. The van der Waals surface area contributed by atoms with Crippen molar-refractivity contribution in [3.63, 3.8) is 0 Å². The van der Waals surface area contributed by atoms with Crippen LogP contribution in [-0.4, -0.2) is 43.3 Å². The van der Waals surface area contributed by atoms with Gasteiger partial charge in [0.15, 0.2) is 6.04 Å². The van der Waals surface area contributed by atoms with Gasteiger partial charge in [0.25, 0.3) is 0 Å². The summed E-state index contributed by atoms with van der Waals surface area (Å²) in [5.41, 5.74) is -0.401. The maximum Gasteiger partial charge on any atom is 0.328 e. The Labute approximate surface area is 124 Å². The summed E-state index contributed by atoms with van der Waals surface area (Å²) >= 11 is 0. The lowest BCUT2D eigenvalue weighted by molar-refractivity contribution is -0.385. The van der Waals surface area contributed by atoms with E-state index >= 15 is 0 Å². The Morgan fingerprint density at radius 2 is 2.32 bits per heavy atom. The zero-order valence-corrected chi connectivity index (χ0v) is 11.2. The minimum Gasteiger partial charge on any atom is -0.502 e. The number of rotatable bonds is 6. The lowest BCUT2D eigenvalue weighted by Gasteiger charge is -2.05. The van der Waals surface area contributed by atoms with Crippen LogP contribution < -0.4 is 0 Å². The molecule has 0 amide bonds. The number of aromatic nitrogens is 2. The van der Waals surface area contributed by atoms with Gasteiger partial charge in [0.2, 0.25) is 5.75 Å². The second-order valence-electron chi connectivity index (χ2n) is 4.34. The second-order valence-corrected chi connectivity index (χ2v) is 4.34.